The lowest BCUT2D eigenvalue weighted by Crippen LogP contribution is -2.60. The second kappa shape index (κ2) is 9.56. The number of ether oxygens (including phenoxy) is 3. The van der Waals surface area contributed by atoms with Crippen molar-refractivity contribution in [3.05, 3.63) is 71.8 Å². The fourth-order valence-electron chi connectivity index (χ4n) is 3.12. The third-order valence-corrected chi connectivity index (χ3v) is 5.11. The quantitative estimate of drug-likeness (QED) is 0.515. The van der Waals surface area contributed by atoms with Crippen LogP contribution in [0.25, 0.3) is 0 Å². The summed E-state index contributed by atoms with van der Waals surface area (Å²) in [5.41, 5.74) is 0.365. The van der Waals surface area contributed by atoms with Crippen molar-refractivity contribution in [1.82, 2.24) is 0 Å². The van der Waals surface area contributed by atoms with Crippen LogP contribution in [0.3, 0.4) is 0 Å². The summed E-state index contributed by atoms with van der Waals surface area (Å²) in [5, 5.41) is 10.4. The van der Waals surface area contributed by atoms with Crippen molar-refractivity contribution in [1.29, 1.82) is 0 Å². The van der Waals surface area contributed by atoms with Gasteiger partial charge < -0.3 is 19.3 Å². The molecule has 2 aromatic rings. The van der Waals surface area contributed by atoms with Crippen LogP contribution in [0.2, 0.25) is 0 Å². The number of carbonyl (C=O) groups is 2. The van der Waals surface area contributed by atoms with E-state index in [4.69, 9.17) is 18.4 Å². The van der Waals surface area contributed by atoms with Crippen molar-refractivity contribution in [3.8, 4) is 0 Å². The van der Waals surface area contributed by atoms with Crippen LogP contribution in [-0.4, -0.2) is 62.4 Å². The molecule has 1 aliphatic heterocycles. The number of hydrogen-bond acceptors (Lipinski definition) is 9. The van der Waals surface area contributed by atoms with Gasteiger partial charge in [-0.05, 0) is 31.2 Å². The van der Waals surface area contributed by atoms with Crippen molar-refractivity contribution < 1.29 is 41.5 Å². The Morgan fingerprint density at radius 2 is 1.29 bits per heavy atom. The molecule has 10 heteroatoms. The maximum Gasteiger partial charge on any atom is 0.338 e. The molecular formula is C21H22O9S. The number of carbonyl (C=O) groups excluding carboxylic acids is 2. The predicted octanol–water partition coefficient (Wildman–Crippen LogP) is 1.52. The average Bonchev–Trinajstić information content (AvgIpc) is 2.73. The molecule has 31 heavy (non-hydrogen) atoms. The molecule has 0 aliphatic carbocycles. The van der Waals surface area contributed by atoms with Gasteiger partial charge in [-0.3, -0.25) is 4.18 Å². The number of aliphatic hydroxyl groups is 1. The molecule has 1 aliphatic rings. The minimum atomic E-state index is -4.00. The second-order valence-electron chi connectivity index (χ2n) is 6.97. The van der Waals surface area contributed by atoms with Crippen LogP contribution >= 0.6 is 0 Å². The highest BCUT2D eigenvalue weighted by Gasteiger charge is 2.50. The summed E-state index contributed by atoms with van der Waals surface area (Å²) in [6.45, 7) is 1.44. The van der Waals surface area contributed by atoms with Crippen LogP contribution in [-0.2, 0) is 28.5 Å². The summed E-state index contributed by atoms with van der Waals surface area (Å²) in [7, 11) is -4.00. The molecule has 0 aromatic heterocycles. The molecule has 0 radical (unpaired) electrons. The van der Waals surface area contributed by atoms with Gasteiger partial charge in [0.15, 0.2) is 18.5 Å². The van der Waals surface area contributed by atoms with E-state index < -0.39 is 52.8 Å². The van der Waals surface area contributed by atoms with Gasteiger partial charge in [-0.15, -0.1) is 0 Å². The fourth-order valence-corrected chi connectivity index (χ4v) is 3.79. The van der Waals surface area contributed by atoms with E-state index in [0.717, 1.165) is 6.26 Å². The Kier molecular flexibility index (Phi) is 7.06. The van der Waals surface area contributed by atoms with E-state index in [9.17, 15) is 23.1 Å². The molecule has 0 unspecified atom stereocenters. The Balaban J connectivity index is 1.92. The molecule has 2 aromatic carbocycles. The van der Waals surface area contributed by atoms with Gasteiger partial charge in [0.2, 0.25) is 0 Å². The molecule has 1 N–H and O–H groups in total. The minimum Gasteiger partial charge on any atom is -0.452 e. The zero-order valence-corrected chi connectivity index (χ0v) is 17.6. The van der Waals surface area contributed by atoms with Crippen molar-refractivity contribution in [2.24, 2.45) is 0 Å². The van der Waals surface area contributed by atoms with E-state index >= 15 is 0 Å². The topological polar surface area (TPSA) is 125 Å². The zero-order chi connectivity index (χ0) is 22.6. The minimum absolute atomic E-state index is 0.182. The first-order chi connectivity index (χ1) is 14.7. The molecule has 5 atom stereocenters. The lowest BCUT2D eigenvalue weighted by molar-refractivity contribution is -0.271. The van der Waals surface area contributed by atoms with Gasteiger partial charge in [0, 0.05) is 0 Å². The summed E-state index contributed by atoms with van der Waals surface area (Å²) in [6.07, 6.45) is -6.22. The molecule has 0 amide bonds. The van der Waals surface area contributed by atoms with Crippen molar-refractivity contribution in [2.45, 2.75) is 37.6 Å². The third kappa shape index (κ3) is 5.88. The SMILES string of the molecule is C[C@@H]1O[C@@H](O)[C@@H](OC(=O)c2ccccc2)[C@H](OC(=O)c2ccccc2)[C@@H]1OS(C)(=O)=O. The van der Waals surface area contributed by atoms with Crippen LogP contribution in [0, 0.1) is 0 Å². The molecule has 1 fully saturated rings. The lowest BCUT2D eigenvalue weighted by Gasteiger charge is -2.41. The molecule has 9 nitrogen and oxygen atoms in total. The van der Waals surface area contributed by atoms with Gasteiger partial charge >= 0.3 is 11.9 Å². The van der Waals surface area contributed by atoms with Crippen molar-refractivity contribution in [3.63, 3.8) is 0 Å². The monoisotopic (exact) mass is 450 g/mol. The molecule has 166 valence electrons. The number of benzene rings is 2. The van der Waals surface area contributed by atoms with Gasteiger partial charge in [0.05, 0.1) is 23.5 Å². The largest absolute Gasteiger partial charge is 0.452 e. The summed E-state index contributed by atoms with van der Waals surface area (Å²) in [4.78, 5) is 25.2. The van der Waals surface area contributed by atoms with Crippen LogP contribution < -0.4 is 0 Å². The fraction of sp³-hybridized carbons (Fsp3) is 0.333. The molecule has 0 bridgehead atoms. The first-order valence-electron chi connectivity index (χ1n) is 9.39. The van der Waals surface area contributed by atoms with Gasteiger partial charge in [0.25, 0.3) is 10.1 Å². The first kappa shape index (κ1) is 22.9. The standard InChI is InChI=1S/C21H22O9S/c1-13-16(30-31(2,25)26)17(28-19(22)14-9-5-3-6-10-14)18(21(24)27-13)29-20(23)15-11-7-4-8-12-15/h3-13,16-18,21,24H,1-2H3/t13-,16+,17+,18-,21+/m0/s1. The first-order valence-corrected chi connectivity index (χ1v) is 11.2. The highest BCUT2D eigenvalue weighted by atomic mass is 32.2. The van der Waals surface area contributed by atoms with E-state index in [1.54, 1.807) is 36.4 Å². The van der Waals surface area contributed by atoms with E-state index in [0.29, 0.717) is 0 Å². The number of rotatable bonds is 6. The molecule has 1 heterocycles. The predicted molar refractivity (Wildman–Crippen MR) is 108 cm³/mol. The van der Waals surface area contributed by atoms with E-state index in [1.807, 2.05) is 0 Å². The van der Waals surface area contributed by atoms with Gasteiger partial charge in [-0.2, -0.15) is 8.42 Å². The number of esters is 2. The number of aliphatic hydroxyl groups excluding tert-OH is 1. The maximum absolute atomic E-state index is 12.6. The van der Waals surface area contributed by atoms with Crippen LogP contribution in [0.15, 0.2) is 60.7 Å². The Morgan fingerprint density at radius 3 is 1.74 bits per heavy atom. The van der Waals surface area contributed by atoms with Gasteiger partial charge in [-0.25, -0.2) is 9.59 Å². The van der Waals surface area contributed by atoms with Crippen LogP contribution in [0.5, 0.6) is 0 Å². The zero-order valence-electron chi connectivity index (χ0n) is 16.8. The highest BCUT2D eigenvalue weighted by Crippen LogP contribution is 2.29. The normalized spacial score (nSPS) is 26.1. The summed E-state index contributed by atoms with van der Waals surface area (Å²) in [5.74, 6) is -1.63. The Labute approximate surface area is 179 Å². The Morgan fingerprint density at radius 1 is 0.839 bits per heavy atom. The van der Waals surface area contributed by atoms with Crippen molar-refractivity contribution >= 4 is 22.1 Å². The third-order valence-electron chi connectivity index (χ3n) is 4.54. The molecule has 0 spiro atoms. The lowest BCUT2D eigenvalue weighted by atomic mass is 9.99. The smallest absolute Gasteiger partial charge is 0.338 e. The van der Waals surface area contributed by atoms with E-state index in [1.165, 1.54) is 31.2 Å². The van der Waals surface area contributed by atoms with Crippen molar-refractivity contribution in [2.75, 3.05) is 6.26 Å². The summed E-state index contributed by atoms with van der Waals surface area (Å²) in [6, 6.07) is 15.9. The Bertz CT molecular complexity index is 1010. The second-order valence-corrected chi connectivity index (χ2v) is 8.57. The molecular weight excluding hydrogens is 428 g/mol. The highest BCUT2D eigenvalue weighted by molar-refractivity contribution is 7.86. The van der Waals surface area contributed by atoms with Gasteiger partial charge in [0.1, 0.15) is 6.10 Å². The average molecular weight is 450 g/mol. The van der Waals surface area contributed by atoms with Crippen LogP contribution in [0.1, 0.15) is 27.6 Å². The molecule has 1 saturated heterocycles. The van der Waals surface area contributed by atoms with E-state index in [-0.39, 0.29) is 11.1 Å². The number of hydrogen-bond donors (Lipinski definition) is 1. The van der Waals surface area contributed by atoms with Crippen LogP contribution in [0.4, 0.5) is 0 Å². The Hall–Kier alpha value is -2.79. The molecule has 3 rings (SSSR count). The van der Waals surface area contributed by atoms with E-state index in [2.05, 4.69) is 0 Å². The maximum atomic E-state index is 12.6. The molecule has 0 saturated carbocycles. The van der Waals surface area contributed by atoms with Gasteiger partial charge in [-0.1, -0.05) is 36.4 Å². The summed E-state index contributed by atoms with van der Waals surface area (Å²) >= 11 is 0. The summed E-state index contributed by atoms with van der Waals surface area (Å²) < 4.78 is 44.8.